The summed E-state index contributed by atoms with van der Waals surface area (Å²) in [6.45, 7) is 2.57. The Morgan fingerprint density at radius 2 is 1.90 bits per heavy atom. The van der Waals surface area contributed by atoms with Gasteiger partial charge in [0.25, 0.3) is 0 Å². The van der Waals surface area contributed by atoms with Crippen LogP contribution in [0.2, 0.25) is 10.0 Å². The number of hydrogen-bond donors (Lipinski definition) is 1. The molecule has 2 rings (SSSR count). The topological polar surface area (TPSA) is 35.2 Å². The van der Waals surface area contributed by atoms with Gasteiger partial charge in [-0.1, -0.05) is 45.2 Å². The van der Waals surface area contributed by atoms with Gasteiger partial charge in [0.2, 0.25) is 0 Å². The van der Waals surface area contributed by atoms with Gasteiger partial charge in [-0.3, -0.25) is 0 Å². The molecule has 0 aliphatic rings. The highest BCUT2D eigenvalue weighted by molar-refractivity contribution is 9.10. The molecule has 0 heterocycles. The first-order valence-electron chi connectivity index (χ1n) is 6.15. The van der Waals surface area contributed by atoms with Crippen molar-refractivity contribution in [2.45, 2.75) is 13.0 Å². The summed E-state index contributed by atoms with van der Waals surface area (Å²) in [7, 11) is 0. The monoisotopic (exact) mass is 373 g/mol. The van der Waals surface area contributed by atoms with E-state index in [0.29, 0.717) is 16.7 Å². The second kappa shape index (κ2) is 6.81. The lowest BCUT2D eigenvalue weighted by Crippen LogP contribution is -2.13. The minimum absolute atomic E-state index is 0.355. The maximum absolute atomic E-state index is 6.30. The van der Waals surface area contributed by atoms with Gasteiger partial charge in [0.1, 0.15) is 5.75 Å². The molecule has 0 amide bonds. The van der Waals surface area contributed by atoms with Gasteiger partial charge in [-0.2, -0.15) is 0 Å². The van der Waals surface area contributed by atoms with E-state index in [2.05, 4.69) is 15.9 Å². The van der Waals surface area contributed by atoms with E-state index in [1.807, 2.05) is 25.1 Å². The molecule has 0 spiro atoms. The van der Waals surface area contributed by atoms with Crippen LogP contribution in [0.5, 0.6) is 5.75 Å². The predicted molar refractivity (Wildman–Crippen MR) is 87.8 cm³/mol. The Bertz CT molecular complexity index is 619. The van der Waals surface area contributed by atoms with Gasteiger partial charge in [-0.05, 0) is 48.4 Å². The molecular formula is C15H14BrCl2NO. The molecule has 1 unspecified atom stereocenters. The van der Waals surface area contributed by atoms with Crippen molar-refractivity contribution in [1.29, 1.82) is 0 Å². The second-order valence-electron chi connectivity index (χ2n) is 4.26. The molecule has 0 saturated heterocycles. The van der Waals surface area contributed by atoms with Crippen molar-refractivity contribution in [3.8, 4) is 5.75 Å². The average molecular weight is 375 g/mol. The SMILES string of the molecule is CCOc1ccc(C(N)c2cc(Cl)ccc2Cl)c(Br)c1. The zero-order valence-corrected chi connectivity index (χ0v) is 14.0. The zero-order valence-electron chi connectivity index (χ0n) is 10.9. The summed E-state index contributed by atoms with van der Waals surface area (Å²) in [5.41, 5.74) is 8.02. The minimum atomic E-state index is -0.355. The predicted octanol–water partition coefficient (Wildman–Crippen LogP) is 5.20. The number of hydrogen-bond acceptors (Lipinski definition) is 2. The lowest BCUT2D eigenvalue weighted by Gasteiger charge is -2.17. The Kier molecular flexibility index (Phi) is 5.33. The van der Waals surface area contributed by atoms with E-state index in [1.165, 1.54) is 0 Å². The molecule has 2 aromatic rings. The average Bonchev–Trinajstić information content (AvgIpc) is 2.41. The number of benzene rings is 2. The summed E-state index contributed by atoms with van der Waals surface area (Å²) in [5, 5.41) is 1.21. The van der Waals surface area contributed by atoms with Crippen LogP contribution in [0.1, 0.15) is 24.1 Å². The highest BCUT2D eigenvalue weighted by Crippen LogP contribution is 2.34. The van der Waals surface area contributed by atoms with Gasteiger partial charge in [0.15, 0.2) is 0 Å². The fourth-order valence-electron chi connectivity index (χ4n) is 1.94. The van der Waals surface area contributed by atoms with E-state index in [-0.39, 0.29) is 6.04 Å². The lowest BCUT2D eigenvalue weighted by molar-refractivity contribution is 0.340. The molecule has 2 nitrogen and oxygen atoms in total. The molecule has 0 bridgehead atoms. The van der Waals surface area contributed by atoms with Crippen LogP contribution in [0.4, 0.5) is 0 Å². The van der Waals surface area contributed by atoms with Crippen molar-refractivity contribution in [1.82, 2.24) is 0 Å². The zero-order chi connectivity index (χ0) is 14.7. The van der Waals surface area contributed by atoms with Crippen molar-refractivity contribution in [3.05, 3.63) is 62.0 Å². The van der Waals surface area contributed by atoms with E-state index in [1.54, 1.807) is 18.2 Å². The van der Waals surface area contributed by atoms with Crippen LogP contribution in [-0.2, 0) is 0 Å². The number of ether oxygens (including phenoxy) is 1. The van der Waals surface area contributed by atoms with Crippen molar-refractivity contribution < 1.29 is 4.74 Å². The normalized spacial score (nSPS) is 12.2. The number of rotatable bonds is 4. The third-order valence-electron chi connectivity index (χ3n) is 2.91. The number of nitrogens with two attached hydrogens (primary N) is 1. The molecule has 2 N–H and O–H groups in total. The van der Waals surface area contributed by atoms with Crippen LogP contribution in [0.15, 0.2) is 40.9 Å². The van der Waals surface area contributed by atoms with Crippen LogP contribution in [0, 0.1) is 0 Å². The molecule has 0 aromatic heterocycles. The molecular weight excluding hydrogens is 361 g/mol. The fourth-order valence-corrected chi connectivity index (χ4v) is 2.96. The number of halogens is 3. The van der Waals surface area contributed by atoms with Gasteiger partial charge in [0, 0.05) is 14.5 Å². The van der Waals surface area contributed by atoms with Gasteiger partial charge in [-0.25, -0.2) is 0 Å². The lowest BCUT2D eigenvalue weighted by atomic mass is 9.99. The van der Waals surface area contributed by atoms with E-state index >= 15 is 0 Å². The van der Waals surface area contributed by atoms with E-state index in [9.17, 15) is 0 Å². The third-order valence-corrected chi connectivity index (χ3v) is 4.18. The first-order chi connectivity index (χ1) is 9.52. The largest absolute Gasteiger partial charge is 0.494 e. The van der Waals surface area contributed by atoms with Crippen LogP contribution < -0.4 is 10.5 Å². The molecule has 0 aliphatic carbocycles. The Hall–Kier alpha value is -0.740. The summed E-state index contributed by atoms with van der Waals surface area (Å²) >= 11 is 15.7. The summed E-state index contributed by atoms with van der Waals surface area (Å²) < 4.78 is 6.33. The summed E-state index contributed by atoms with van der Waals surface area (Å²) in [6, 6.07) is 10.6. The second-order valence-corrected chi connectivity index (χ2v) is 5.96. The molecule has 0 saturated carbocycles. The van der Waals surface area contributed by atoms with Crippen LogP contribution in [0.25, 0.3) is 0 Å². The minimum Gasteiger partial charge on any atom is -0.494 e. The van der Waals surface area contributed by atoms with E-state index in [0.717, 1.165) is 21.3 Å². The third kappa shape index (κ3) is 3.47. The first-order valence-corrected chi connectivity index (χ1v) is 7.70. The Morgan fingerprint density at radius 1 is 1.15 bits per heavy atom. The molecule has 0 radical (unpaired) electrons. The van der Waals surface area contributed by atoms with Crippen molar-refractivity contribution in [3.63, 3.8) is 0 Å². The van der Waals surface area contributed by atoms with Gasteiger partial charge in [0.05, 0.1) is 12.6 Å². The van der Waals surface area contributed by atoms with E-state index in [4.69, 9.17) is 33.7 Å². The maximum Gasteiger partial charge on any atom is 0.120 e. The maximum atomic E-state index is 6.30. The first kappa shape index (κ1) is 15.6. The van der Waals surface area contributed by atoms with Crippen molar-refractivity contribution in [2.75, 3.05) is 6.61 Å². The molecule has 5 heteroatoms. The molecule has 1 atom stereocenters. The van der Waals surface area contributed by atoms with E-state index < -0.39 is 0 Å². The molecule has 20 heavy (non-hydrogen) atoms. The van der Waals surface area contributed by atoms with Gasteiger partial charge >= 0.3 is 0 Å². The fraction of sp³-hybridized carbons (Fsp3) is 0.200. The van der Waals surface area contributed by atoms with Crippen molar-refractivity contribution >= 4 is 39.1 Å². The van der Waals surface area contributed by atoms with Crippen LogP contribution >= 0.6 is 39.1 Å². The van der Waals surface area contributed by atoms with Crippen molar-refractivity contribution in [2.24, 2.45) is 5.73 Å². The molecule has 2 aromatic carbocycles. The quantitative estimate of drug-likeness (QED) is 0.797. The summed E-state index contributed by atoms with van der Waals surface area (Å²) in [6.07, 6.45) is 0. The standard InChI is InChI=1S/C15H14BrCl2NO/c1-2-20-10-4-5-11(13(16)8-10)15(19)12-7-9(17)3-6-14(12)18/h3-8,15H,2,19H2,1H3. The summed E-state index contributed by atoms with van der Waals surface area (Å²) in [5.74, 6) is 0.799. The molecule has 106 valence electrons. The van der Waals surface area contributed by atoms with Crippen LogP contribution in [-0.4, -0.2) is 6.61 Å². The van der Waals surface area contributed by atoms with Gasteiger partial charge < -0.3 is 10.5 Å². The Labute approximate surface area is 137 Å². The Morgan fingerprint density at radius 3 is 2.55 bits per heavy atom. The van der Waals surface area contributed by atoms with Gasteiger partial charge in [-0.15, -0.1) is 0 Å². The Balaban J connectivity index is 2.38. The highest BCUT2D eigenvalue weighted by atomic mass is 79.9. The highest BCUT2D eigenvalue weighted by Gasteiger charge is 2.16. The van der Waals surface area contributed by atoms with Crippen LogP contribution in [0.3, 0.4) is 0 Å². The molecule has 0 aliphatic heterocycles. The molecule has 0 fully saturated rings. The summed E-state index contributed by atoms with van der Waals surface area (Å²) in [4.78, 5) is 0. The smallest absolute Gasteiger partial charge is 0.120 e.